The SMILES string of the molecule is CCCCN(C)Cc1cc(N)cc(F)c1. The molecule has 15 heavy (non-hydrogen) atoms. The summed E-state index contributed by atoms with van der Waals surface area (Å²) in [6, 6.07) is 4.71. The second-order valence-electron chi connectivity index (χ2n) is 3.98. The summed E-state index contributed by atoms with van der Waals surface area (Å²) < 4.78 is 13.0. The lowest BCUT2D eigenvalue weighted by Gasteiger charge is -2.16. The molecule has 1 rings (SSSR count). The molecule has 0 heterocycles. The number of hydrogen-bond donors (Lipinski definition) is 1. The van der Waals surface area contributed by atoms with Crippen LogP contribution in [0.1, 0.15) is 25.3 Å². The topological polar surface area (TPSA) is 29.3 Å². The Morgan fingerprint density at radius 1 is 1.33 bits per heavy atom. The molecule has 0 bridgehead atoms. The van der Waals surface area contributed by atoms with E-state index in [2.05, 4.69) is 11.8 Å². The summed E-state index contributed by atoms with van der Waals surface area (Å²) in [6.45, 7) is 3.95. The van der Waals surface area contributed by atoms with E-state index in [-0.39, 0.29) is 5.82 Å². The molecule has 0 spiro atoms. The number of rotatable bonds is 5. The van der Waals surface area contributed by atoms with Crippen LogP contribution in [-0.2, 0) is 6.54 Å². The minimum atomic E-state index is -0.256. The zero-order valence-electron chi connectivity index (χ0n) is 9.46. The lowest BCUT2D eigenvalue weighted by atomic mass is 10.2. The van der Waals surface area contributed by atoms with Crippen LogP contribution in [0.25, 0.3) is 0 Å². The van der Waals surface area contributed by atoms with Gasteiger partial charge in [0.05, 0.1) is 0 Å². The maximum atomic E-state index is 13.0. The summed E-state index contributed by atoms with van der Waals surface area (Å²) in [5.41, 5.74) is 7.01. The van der Waals surface area contributed by atoms with Gasteiger partial charge in [-0.15, -0.1) is 0 Å². The van der Waals surface area contributed by atoms with Gasteiger partial charge in [0.2, 0.25) is 0 Å². The molecule has 0 fully saturated rings. The number of hydrogen-bond acceptors (Lipinski definition) is 2. The van der Waals surface area contributed by atoms with Crippen LogP contribution in [0.4, 0.5) is 10.1 Å². The molecule has 1 aromatic carbocycles. The molecule has 2 N–H and O–H groups in total. The molecule has 0 aliphatic heterocycles. The largest absolute Gasteiger partial charge is 0.399 e. The van der Waals surface area contributed by atoms with Crippen molar-refractivity contribution in [2.45, 2.75) is 26.3 Å². The number of unbranched alkanes of at least 4 members (excludes halogenated alkanes) is 1. The van der Waals surface area contributed by atoms with Gasteiger partial charge < -0.3 is 10.6 Å². The van der Waals surface area contributed by atoms with Crippen LogP contribution in [0.2, 0.25) is 0 Å². The molecule has 0 amide bonds. The van der Waals surface area contributed by atoms with E-state index >= 15 is 0 Å². The van der Waals surface area contributed by atoms with Crippen LogP contribution in [0, 0.1) is 5.82 Å². The molecule has 0 saturated carbocycles. The predicted molar refractivity (Wildman–Crippen MR) is 62.1 cm³/mol. The van der Waals surface area contributed by atoms with Crippen LogP contribution < -0.4 is 5.73 Å². The first-order chi connectivity index (χ1) is 7.11. The third kappa shape index (κ3) is 4.30. The fraction of sp³-hybridized carbons (Fsp3) is 0.500. The molecule has 1 aromatic rings. The van der Waals surface area contributed by atoms with E-state index in [0.29, 0.717) is 5.69 Å². The molecular weight excluding hydrogens is 191 g/mol. The summed E-state index contributed by atoms with van der Waals surface area (Å²) in [4.78, 5) is 2.18. The number of nitrogen functional groups attached to an aromatic ring is 1. The van der Waals surface area contributed by atoms with Crippen molar-refractivity contribution in [3.63, 3.8) is 0 Å². The highest BCUT2D eigenvalue weighted by Gasteiger charge is 2.02. The molecule has 2 nitrogen and oxygen atoms in total. The monoisotopic (exact) mass is 210 g/mol. The zero-order valence-corrected chi connectivity index (χ0v) is 9.46. The van der Waals surface area contributed by atoms with Crippen molar-refractivity contribution in [1.82, 2.24) is 4.90 Å². The van der Waals surface area contributed by atoms with Crippen molar-refractivity contribution < 1.29 is 4.39 Å². The normalized spacial score (nSPS) is 10.9. The van der Waals surface area contributed by atoms with E-state index in [1.807, 2.05) is 13.1 Å². The van der Waals surface area contributed by atoms with Gasteiger partial charge in [-0.3, -0.25) is 0 Å². The highest BCUT2D eigenvalue weighted by Crippen LogP contribution is 2.12. The first kappa shape index (κ1) is 12.0. The minimum absolute atomic E-state index is 0.256. The van der Waals surface area contributed by atoms with E-state index < -0.39 is 0 Å². The smallest absolute Gasteiger partial charge is 0.125 e. The van der Waals surface area contributed by atoms with Crippen molar-refractivity contribution >= 4 is 5.69 Å². The molecular formula is C12H19FN2. The molecule has 84 valence electrons. The Morgan fingerprint density at radius 2 is 2.07 bits per heavy atom. The number of nitrogens with zero attached hydrogens (tertiary/aromatic N) is 1. The van der Waals surface area contributed by atoms with E-state index in [9.17, 15) is 4.39 Å². The van der Waals surface area contributed by atoms with Gasteiger partial charge in [0, 0.05) is 12.2 Å². The van der Waals surface area contributed by atoms with E-state index in [4.69, 9.17) is 5.73 Å². The van der Waals surface area contributed by atoms with Crippen LogP contribution >= 0.6 is 0 Å². The van der Waals surface area contributed by atoms with Crippen molar-refractivity contribution in [3.05, 3.63) is 29.6 Å². The van der Waals surface area contributed by atoms with Gasteiger partial charge in [-0.1, -0.05) is 13.3 Å². The second kappa shape index (κ2) is 5.71. The van der Waals surface area contributed by atoms with Gasteiger partial charge in [-0.2, -0.15) is 0 Å². The average Bonchev–Trinajstić information content (AvgIpc) is 2.13. The van der Waals surface area contributed by atoms with Gasteiger partial charge in [0.1, 0.15) is 5.82 Å². The fourth-order valence-electron chi connectivity index (χ4n) is 1.59. The molecule has 0 unspecified atom stereocenters. The highest BCUT2D eigenvalue weighted by atomic mass is 19.1. The number of benzene rings is 1. The first-order valence-corrected chi connectivity index (χ1v) is 5.35. The molecule has 0 radical (unpaired) electrons. The van der Waals surface area contributed by atoms with Gasteiger partial charge in [-0.05, 0) is 43.8 Å². The average molecular weight is 210 g/mol. The highest BCUT2D eigenvalue weighted by molar-refractivity contribution is 5.41. The Balaban J connectivity index is 2.56. The van der Waals surface area contributed by atoms with Crippen molar-refractivity contribution in [2.24, 2.45) is 0 Å². The predicted octanol–water partition coefficient (Wildman–Crippen LogP) is 2.64. The zero-order chi connectivity index (χ0) is 11.3. The fourth-order valence-corrected chi connectivity index (χ4v) is 1.59. The number of nitrogens with two attached hydrogens (primary N) is 1. The molecule has 0 atom stereocenters. The van der Waals surface area contributed by atoms with Crippen LogP contribution in [-0.4, -0.2) is 18.5 Å². The summed E-state index contributed by atoms with van der Waals surface area (Å²) in [5, 5.41) is 0. The van der Waals surface area contributed by atoms with Gasteiger partial charge in [0.15, 0.2) is 0 Å². The third-order valence-corrected chi connectivity index (χ3v) is 2.33. The molecule has 0 saturated heterocycles. The summed E-state index contributed by atoms with van der Waals surface area (Å²) in [5.74, 6) is -0.256. The van der Waals surface area contributed by atoms with Gasteiger partial charge in [-0.25, -0.2) is 4.39 Å². The van der Waals surface area contributed by atoms with Gasteiger partial charge >= 0.3 is 0 Å². The third-order valence-electron chi connectivity index (χ3n) is 2.33. The first-order valence-electron chi connectivity index (χ1n) is 5.35. The van der Waals surface area contributed by atoms with Crippen molar-refractivity contribution in [2.75, 3.05) is 19.3 Å². The van der Waals surface area contributed by atoms with Crippen molar-refractivity contribution in [3.8, 4) is 0 Å². The Hall–Kier alpha value is -1.09. The van der Waals surface area contributed by atoms with E-state index in [0.717, 1.165) is 18.7 Å². The quantitative estimate of drug-likeness (QED) is 0.757. The Morgan fingerprint density at radius 3 is 2.67 bits per heavy atom. The van der Waals surface area contributed by atoms with E-state index in [1.165, 1.54) is 18.9 Å². The minimum Gasteiger partial charge on any atom is -0.399 e. The van der Waals surface area contributed by atoms with Crippen LogP contribution in [0.3, 0.4) is 0 Å². The van der Waals surface area contributed by atoms with Crippen molar-refractivity contribution in [1.29, 1.82) is 0 Å². The van der Waals surface area contributed by atoms with Crippen LogP contribution in [0.15, 0.2) is 18.2 Å². The Kier molecular flexibility index (Phi) is 4.56. The Bertz CT molecular complexity index is 292. The lowest BCUT2D eigenvalue weighted by molar-refractivity contribution is 0.320. The Labute approximate surface area is 90.9 Å². The summed E-state index contributed by atoms with van der Waals surface area (Å²) >= 11 is 0. The maximum absolute atomic E-state index is 13.0. The molecule has 0 aliphatic rings. The van der Waals surface area contributed by atoms with Crippen LogP contribution in [0.5, 0.6) is 0 Å². The molecule has 0 aliphatic carbocycles. The van der Waals surface area contributed by atoms with Gasteiger partial charge in [0.25, 0.3) is 0 Å². The maximum Gasteiger partial charge on any atom is 0.125 e. The lowest BCUT2D eigenvalue weighted by Crippen LogP contribution is -2.19. The summed E-state index contributed by atoms with van der Waals surface area (Å²) in [6.07, 6.45) is 2.34. The van der Waals surface area contributed by atoms with E-state index in [1.54, 1.807) is 6.07 Å². The number of halogens is 1. The number of anilines is 1. The molecule has 0 aromatic heterocycles. The molecule has 3 heteroatoms. The summed E-state index contributed by atoms with van der Waals surface area (Å²) in [7, 11) is 2.04. The standard InChI is InChI=1S/C12H19FN2/c1-3-4-5-15(2)9-10-6-11(13)8-12(14)7-10/h6-8H,3-5,9,14H2,1-2H3. The second-order valence-corrected chi connectivity index (χ2v) is 3.98.